The van der Waals surface area contributed by atoms with Gasteiger partial charge in [0.15, 0.2) is 6.29 Å². The van der Waals surface area contributed by atoms with Crippen molar-refractivity contribution in [1.82, 2.24) is 0 Å². The molecule has 7 nitrogen and oxygen atoms in total. The molecule has 0 saturated carbocycles. The van der Waals surface area contributed by atoms with Crippen LogP contribution >= 0.6 is 11.8 Å². The van der Waals surface area contributed by atoms with Crippen molar-refractivity contribution >= 4 is 17.7 Å². The smallest absolute Gasteiger partial charge is 0.338 e. The molecule has 6 rings (SSSR count). The van der Waals surface area contributed by atoms with Gasteiger partial charge in [-0.15, -0.1) is 0 Å². The highest BCUT2D eigenvalue weighted by atomic mass is 32.2. The van der Waals surface area contributed by atoms with E-state index in [1.54, 1.807) is 6.07 Å². The molecule has 2 fully saturated rings. The molecule has 2 aliphatic heterocycles. The van der Waals surface area contributed by atoms with Crippen molar-refractivity contribution in [3.63, 3.8) is 0 Å². The minimum atomic E-state index is -0.562. The van der Waals surface area contributed by atoms with Crippen LogP contribution < -0.4 is 0 Å². The highest BCUT2D eigenvalue weighted by Crippen LogP contribution is 2.42. The summed E-state index contributed by atoms with van der Waals surface area (Å²) in [6.07, 6.45) is -2.49. The molecule has 43 heavy (non-hydrogen) atoms. The summed E-state index contributed by atoms with van der Waals surface area (Å²) in [4.78, 5) is 13.3. The van der Waals surface area contributed by atoms with Gasteiger partial charge < -0.3 is 28.4 Å². The molecule has 0 bridgehead atoms. The van der Waals surface area contributed by atoms with Crippen molar-refractivity contribution in [1.29, 1.82) is 0 Å². The molecule has 2 aliphatic rings. The van der Waals surface area contributed by atoms with Crippen LogP contribution in [-0.4, -0.2) is 49.5 Å². The molecule has 8 heteroatoms. The van der Waals surface area contributed by atoms with Gasteiger partial charge in [-0.2, -0.15) is 0 Å². The first-order valence-electron chi connectivity index (χ1n) is 14.3. The van der Waals surface area contributed by atoms with Gasteiger partial charge in [-0.25, -0.2) is 4.79 Å². The predicted octanol–water partition coefficient (Wildman–Crippen LogP) is 6.58. The van der Waals surface area contributed by atoms with Crippen LogP contribution in [0.25, 0.3) is 0 Å². The zero-order valence-electron chi connectivity index (χ0n) is 23.8. The molecule has 0 N–H and O–H groups in total. The van der Waals surface area contributed by atoms with Crippen molar-refractivity contribution in [3.8, 4) is 0 Å². The Morgan fingerprint density at radius 3 is 1.98 bits per heavy atom. The summed E-state index contributed by atoms with van der Waals surface area (Å²) >= 11 is 1.42. The number of thioether (sulfide) groups is 1. The summed E-state index contributed by atoms with van der Waals surface area (Å²) in [5.74, 6) is -0.412. The van der Waals surface area contributed by atoms with E-state index in [0.717, 1.165) is 21.6 Å². The first-order valence-corrected chi connectivity index (χ1v) is 15.2. The lowest BCUT2D eigenvalue weighted by Crippen LogP contribution is -2.62. The number of benzene rings is 4. The molecular weight excluding hydrogens is 564 g/mol. The Balaban J connectivity index is 1.33. The van der Waals surface area contributed by atoms with Crippen LogP contribution in [0.2, 0.25) is 0 Å². The Kier molecular flexibility index (Phi) is 9.84. The molecule has 0 radical (unpaired) electrons. The molecule has 0 spiro atoms. The van der Waals surface area contributed by atoms with Gasteiger partial charge in [0.05, 0.1) is 32.5 Å². The number of ether oxygens (including phenoxy) is 6. The van der Waals surface area contributed by atoms with Crippen LogP contribution in [0, 0.1) is 0 Å². The van der Waals surface area contributed by atoms with Crippen LogP contribution in [0.4, 0.5) is 0 Å². The van der Waals surface area contributed by atoms with E-state index in [9.17, 15) is 4.79 Å². The maximum Gasteiger partial charge on any atom is 0.338 e. The number of hydrogen-bond acceptors (Lipinski definition) is 8. The molecule has 0 amide bonds. The van der Waals surface area contributed by atoms with Crippen LogP contribution in [0.5, 0.6) is 0 Å². The fourth-order valence-corrected chi connectivity index (χ4v) is 6.54. The van der Waals surface area contributed by atoms with E-state index in [4.69, 9.17) is 28.4 Å². The fraction of sp³-hybridized carbons (Fsp3) is 0.286. The number of carbonyl (C=O) groups excluding carboxylic acids is 1. The molecule has 2 heterocycles. The second-order valence-electron chi connectivity index (χ2n) is 10.3. The van der Waals surface area contributed by atoms with Gasteiger partial charge in [-0.1, -0.05) is 115 Å². The van der Waals surface area contributed by atoms with Gasteiger partial charge in [0.25, 0.3) is 0 Å². The lowest BCUT2D eigenvalue weighted by Gasteiger charge is -2.49. The second kappa shape index (κ2) is 14.3. The van der Waals surface area contributed by atoms with Gasteiger partial charge in [0.2, 0.25) is 0 Å². The Bertz CT molecular complexity index is 1450. The van der Waals surface area contributed by atoms with Crippen LogP contribution in [0.3, 0.4) is 0 Å². The molecule has 222 valence electrons. The zero-order chi connectivity index (χ0) is 29.4. The van der Waals surface area contributed by atoms with E-state index >= 15 is 0 Å². The highest BCUT2D eigenvalue weighted by molar-refractivity contribution is 8.00. The average Bonchev–Trinajstić information content (AvgIpc) is 3.07. The lowest BCUT2D eigenvalue weighted by molar-refractivity contribution is -0.329. The van der Waals surface area contributed by atoms with E-state index < -0.39 is 42.1 Å². The SMILES string of the molecule is COC(=O)c1ccccc1S[C@@H]1O[C@@H]2COC(c3ccccc3)O[C@@H]2[C@H](OCc2ccccc2)[C@H]1OCc1ccccc1. The summed E-state index contributed by atoms with van der Waals surface area (Å²) in [6.45, 7) is 1.04. The first-order chi connectivity index (χ1) is 21.2. The van der Waals surface area contributed by atoms with Gasteiger partial charge in [0.1, 0.15) is 29.9 Å². The minimum absolute atomic E-state index is 0.316. The molecule has 1 unspecified atom stereocenters. The third kappa shape index (κ3) is 7.18. The number of carbonyl (C=O) groups is 1. The third-order valence-corrected chi connectivity index (χ3v) is 8.68. The van der Waals surface area contributed by atoms with Gasteiger partial charge >= 0.3 is 5.97 Å². The Hall–Kier alpha value is -3.50. The van der Waals surface area contributed by atoms with Gasteiger partial charge in [-0.05, 0) is 23.3 Å². The zero-order valence-corrected chi connectivity index (χ0v) is 24.6. The Morgan fingerprint density at radius 1 is 0.744 bits per heavy atom. The Morgan fingerprint density at radius 2 is 1.33 bits per heavy atom. The minimum Gasteiger partial charge on any atom is -0.465 e. The molecule has 0 aliphatic carbocycles. The van der Waals surface area contributed by atoms with E-state index in [1.165, 1.54) is 18.9 Å². The second-order valence-corrected chi connectivity index (χ2v) is 11.5. The topological polar surface area (TPSA) is 72.5 Å². The number of fused-ring (bicyclic) bond motifs is 1. The summed E-state index contributed by atoms with van der Waals surface area (Å²) in [5, 5.41) is 0. The molecular formula is C35H34O7S. The van der Waals surface area contributed by atoms with Crippen molar-refractivity contribution in [2.24, 2.45) is 0 Å². The largest absolute Gasteiger partial charge is 0.465 e. The number of rotatable bonds is 10. The van der Waals surface area contributed by atoms with Crippen LogP contribution in [0.1, 0.15) is 33.3 Å². The fourth-order valence-electron chi connectivity index (χ4n) is 5.29. The molecule has 2 saturated heterocycles. The van der Waals surface area contributed by atoms with Crippen molar-refractivity contribution in [3.05, 3.63) is 138 Å². The van der Waals surface area contributed by atoms with Crippen LogP contribution in [0.15, 0.2) is 120 Å². The summed E-state index contributed by atoms with van der Waals surface area (Å²) in [5.41, 5.74) is 2.93. The summed E-state index contributed by atoms with van der Waals surface area (Å²) in [7, 11) is 1.38. The maximum absolute atomic E-state index is 12.6. The van der Waals surface area contributed by atoms with Crippen molar-refractivity contribution in [2.45, 2.75) is 54.3 Å². The third-order valence-electron chi connectivity index (χ3n) is 7.46. The Labute approximate surface area is 256 Å². The van der Waals surface area contributed by atoms with E-state index in [1.807, 2.05) is 109 Å². The van der Waals surface area contributed by atoms with Crippen molar-refractivity contribution in [2.75, 3.05) is 13.7 Å². The lowest BCUT2D eigenvalue weighted by atomic mass is 9.98. The van der Waals surface area contributed by atoms with E-state index in [-0.39, 0.29) is 0 Å². The van der Waals surface area contributed by atoms with Crippen molar-refractivity contribution < 1.29 is 33.2 Å². The quantitative estimate of drug-likeness (QED) is 0.190. The van der Waals surface area contributed by atoms with Crippen LogP contribution in [-0.2, 0) is 41.6 Å². The number of methoxy groups -OCH3 is 1. The molecule has 0 aromatic heterocycles. The van der Waals surface area contributed by atoms with E-state index in [0.29, 0.717) is 25.4 Å². The maximum atomic E-state index is 12.6. The molecule has 6 atom stereocenters. The number of esters is 1. The standard InChI is InChI=1S/C35H34O7S/c1-37-33(36)27-19-11-12-20-29(27)43-35-32(39-22-25-15-7-3-8-16-25)31(38-21-24-13-5-2-6-14-24)30-28(41-35)23-40-34(42-30)26-17-9-4-10-18-26/h2-20,28,30-32,34-35H,21-23H2,1H3/t28-,30+,31+,32-,34?,35+/m1/s1. The predicted molar refractivity (Wildman–Crippen MR) is 162 cm³/mol. The summed E-state index contributed by atoms with van der Waals surface area (Å²) in [6, 6.07) is 37.3. The normalized spacial score (nSPS) is 25.0. The highest BCUT2D eigenvalue weighted by Gasteiger charge is 2.51. The van der Waals surface area contributed by atoms with Gasteiger partial charge in [-0.3, -0.25) is 0 Å². The number of hydrogen-bond donors (Lipinski definition) is 0. The average molecular weight is 599 g/mol. The molecule has 4 aromatic rings. The van der Waals surface area contributed by atoms with Gasteiger partial charge in [0, 0.05) is 10.5 Å². The van der Waals surface area contributed by atoms with E-state index in [2.05, 4.69) is 0 Å². The molecule has 4 aromatic carbocycles. The first kappa shape index (κ1) is 29.6. The monoisotopic (exact) mass is 598 g/mol. The summed E-state index contributed by atoms with van der Waals surface area (Å²) < 4.78 is 37.9.